The summed E-state index contributed by atoms with van der Waals surface area (Å²) in [7, 11) is 1.77. The molecule has 0 radical (unpaired) electrons. The van der Waals surface area contributed by atoms with E-state index in [4.69, 9.17) is 20.8 Å². The molecule has 154 valence electrons. The van der Waals surface area contributed by atoms with Crippen molar-refractivity contribution < 1.29 is 13.9 Å². The molecule has 0 aliphatic carbocycles. The van der Waals surface area contributed by atoms with E-state index in [9.17, 15) is 4.79 Å². The first-order valence-electron chi connectivity index (χ1n) is 9.26. The second-order valence-corrected chi connectivity index (χ2v) is 8.09. The van der Waals surface area contributed by atoms with Crippen molar-refractivity contribution in [3.05, 3.63) is 47.7 Å². The van der Waals surface area contributed by atoms with Gasteiger partial charge in [-0.25, -0.2) is 0 Å². The predicted molar refractivity (Wildman–Crippen MR) is 113 cm³/mol. The van der Waals surface area contributed by atoms with E-state index < -0.39 is 0 Å². The smallest absolute Gasteiger partial charge is 0.235 e. The Labute approximate surface area is 179 Å². The van der Waals surface area contributed by atoms with Crippen LogP contribution in [0.5, 0.6) is 5.75 Å². The van der Waals surface area contributed by atoms with Crippen molar-refractivity contribution in [2.24, 2.45) is 0 Å². The maximum Gasteiger partial charge on any atom is 0.235 e. The Balaban J connectivity index is 1.55. The molecule has 0 bridgehead atoms. The maximum atomic E-state index is 12.7. The Kier molecular flexibility index (Phi) is 7.22. The number of furan rings is 1. The molecule has 3 aromatic rings. The molecule has 0 saturated heterocycles. The Hall–Kier alpha value is -2.45. The summed E-state index contributed by atoms with van der Waals surface area (Å²) in [5.41, 5.74) is 0. The van der Waals surface area contributed by atoms with E-state index in [1.165, 1.54) is 11.8 Å². The Morgan fingerprint density at radius 1 is 1.31 bits per heavy atom. The zero-order chi connectivity index (χ0) is 20.8. The van der Waals surface area contributed by atoms with Crippen molar-refractivity contribution in [3.8, 4) is 17.3 Å². The summed E-state index contributed by atoms with van der Waals surface area (Å²) in [6.07, 6.45) is 1.60. The summed E-state index contributed by atoms with van der Waals surface area (Å²) in [4.78, 5) is 14.4. The number of hydrogen-bond acceptors (Lipinski definition) is 6. The van der Waals surface area contributed by atoms with E-state index in [2.05, 4.69) is 10.2 Å². The summed E-state index contributed by atoms with van der Waals surface area (Å²) in [5.74, 6) is 2.03. The summed E-state index contributed by atoms with van der Waals surface area (Å²) >= 11 is 7.25. The number of benzene rings is 1. The molecule has 7 nitrogen and oxygen atoms in total. The minimum absolute atomic E-state index is 0.0000854. The highest BCUT2D eigenvalue weighted by molar-refractivity contribution is 8.00. The van der Waals surface area contributed by atoms with Gasteiger partial charge in [-0.2, -0.15) is 0 Å². The van der Waals surface area contributed by atoms with Gasteiger partial charge in [0.2, 0.25) is 5.91 Å². The lowest BCUT2D eigenvalue weighted by Crippen LogP contribution is -2.36. The quantitative estimate of drug-likeness (QED) is 0.469. The average Bonchev–Trinajstić information content (AvgIpc) is 3.38. The first kappa shape index (κ1) is 21.3. The Bertz CT molecular complexity index is 928. The summed E-state index contributed by atoms with van der Waals surface area (Å²) in [5, 5.41) is 9.50. The van der Waals surface area contributed by atoms with Crippen LogP contribution in [-0.4, -0.2) is 51.0 Å². The monoisotopic (exact) mass is 434 g/mol. The van der Waals surface area contributed by atoms with E-state index in [1.807, 2.05) is 30.5 Å². The molecule has 0 N–H and O–H groups in total. The molecule has 1 amide bonds. The number of halogens is 1. The highest BCUT2D eigenvalue weighted by atomic mass is 35.5. The second kappa shape index (κ2) is 9.84. The molecule has 0 spiro atoms. The van der Waals surface area contributed by atoms with Gasteiger partial charge in [-0.3, -0.25) is 9.36 Å². The van der Waals surface area contributed by atoms with Crippen molar-refractivity contribution in [1.82, 2.24) is 19.7 Å². The molecule has 0 aliphatic heterocycles. The molecule has 2 aromatic heterocycles. The van der Waals surface area contributed by atoms with Gasteiger partial charge in [-0.15, -0.1) is 10.2 Å². The lowest BCUT2D eigenvalue weighted by Gasteiger charge is -2.21. The number of likely N-dealkylation sites (N-methyl/N-ethyl adjacent to an activating group) is 1. The van der Waals surface area contributed by atoms with E-state index >= 15 is 0 Å². The fourth-order valence-corrected chi connectivity index (χ4v) is 3.86. The van der Waals surface area contributed by atoms with Gasteiger partial charge < -0.3 is 14.1 Å². The normalized spacial score (nSPS) is 12.0. The van der Waals surface area contributed by atoms with Gasteiger partial charge in [0.25, 0.3) is 0 Å². The van der Waals surface area contributed by atoms with Crippen molar-refractivity contribution in [2.75, 3.05) is 20.2 Å². The van der Waals surface area contributed by atoms with Crippen LogP contribution in [0.1, 0.15) is 13.8 Å². The summed E-state index contributed by atoms with van der Waals surface area (Å²) in [6.45, 7) is 5.42. The van der Waals surface area contributed by atoms with Gasteiger partial charge in [0.05, 0.1) is 18.1 Å². The summed E-state index contributed by atoms with van der Waals surface area (Å²) < 4.78 is 13.0. The minimum Gasteiger partial charge on any atom is -0.492 e. The van der Waals surface area contributed by atoms with Crippen LogP contribution in [0, 0.1) is 0 Å². The van der Waals surface area contributed by atoms with Gasteiger partial charge in [-0.1, -0.05) is 23.4 Å². The average molecular weight is 435 g/mol. The standard InChI is InChI=1S/C20H23ClN4O3S/c1-4-25-18(17-6-5-12-28-17)22-23-20(25)29-14(2)19(26)24(3)11-13-27-16-9-7-15(21)8-10-16/h5-10,12,14H,4,11,13H2,1-3H3. The van der Waals surface area contributed by atoms with Crippen LogP contribution in [0.25, 0.3) is 11.6 Å². The van der Waals surface area contributed by atoms with E-state index in [0.717, 1.165) is 5.75 Å². The molecular formula is C20H23ClN4O3S. The molecular weight excluding hydrogens is 412 g/mol. The van der Waals surface area contributed by atoms with Crippen molar-refractivity contribution >= 4 is 29.3 Å². The van der Waals surface area contributed by atoms with Crippen molar-refractivity contribution in [3.63, 3.8) is 0 Å². The van der Waals surface area contributed by atoms with Gasteiger partial charge in [0, 0.05) is 18.6 Å². The lowest BCUT2D eigenvalue weighted by atomic mass is 10.3. The van der Waals surface area contributed by atoms with E-state index in [1.54, 1.807) is 42.5 Å². The van der Waals surface area contributed by atoms with Gasteiger partial charge >= 0.3 is 0 Å². The largest absolute Gasteiger partial charge is 0.492 e. The molecule has 3 rings (SSSR count). The molecule has 0 fully saturated rings. The van der Waals surface area contributed by atoms with Crippen molar-refractivity contribution in [1.29, 1.82) is 0 Å². The number of aromatic nitrogens is 3. The maximum absolute atomic E-state index is 12.7. The Morgan fingerprint density at radius 3 is 2.72 bits per heavy atom. The fraction of sp³-hybridized carbons (Fsp3) is 0.350. The SMILES string of the molecule is CCn1c(SC(C)C(=O)N(C)CCOc2ccc(Cl)cc2)nnc1-c1ccco1. The number of nitrogens with zero attached hydrogens (tertiary/aromatic N) is 4. The number of carbonyl (C=O) groups excluding carboxylic acids is 1. The number of carbonyl (C=O) groups is 1. The van der Waals surface area contributed by atoms with Crippen LogP contribution >= 0.6 is 23.4 Å². The van der Waals surface area contributed by atoms with E-state index in [0.29, 0.717) is 41.5 Å². The topological polar surface area (TPSA) is 73.4 Å². The first-order chi connectivity index (χ1) is 14.0. The number of thioether (sulfide) groups is 1. The molecule has 2 heterocycles. The third-order valence-corrected chi connectivity index (χ3v) is 5.61. The Morgan fingerprint density at radius 2 is 2.07 bits per heavy atom. The van der Waals surface area contributed by atoms with E-state index in [-0.39, 0.29) is 11.2 Å². The van der Waals surface area contributed by atoms with Gasteiger partial charge in [0.15, 0.2) is 16.7 Å². The second-order valence-electron chi connectivity index (χ2n) is 6.35. The van der Waals surface area contributed by atoms with Crippen LogP contribution in [0.15, 0.2) is 52.2 Å². The predicted octanol–water partition coefficient (Wildman–Crippen LogP) is 4.23. The zero-order valence-electron chi connectivity index (χ0n) is 16.5. The minimum atomic E-state index is -0.311. The molecule has 9 heteroatoms. The number of rotatable bonds is 9. The molecule has 1 aromatic carbocycles. The van der Waals surface area contributed by atoms with Crippen LogP contribution in [-0.2, 0) is 11.3 Å². The highest BCUT2D eigenvalue weighted by Gasteiger charge is 2.23. The lowest BCUT2D eigenvalue weighted by molar-refractivity contribution is -0.129. The molecule has 0 saturated carbocycles. The third kappa shape index (κ3) is 5.33. The molecule has 1 unspecified atom stereocenters. The molecule has 29 heavy (non-hydrogen) atoms. The number of amides is 1. The van der Waals surface area contributed by atoms with Crippen LogP contribution in [0.4, 0.5) is 0 Å². The van der Waals surface area contributed by atoms with Crippen LogP contribution in [0.3, 0.4) is 0 Å². The number of hydrogen-bond donors (Lipinski definition) is 0. The van der Waals surface area contributed by atoms with Gasteiger partial charge in [-0.05, 0) is 50.2 Å². The first-order valence-corrected chi connectivity index (χ1v) is 10.5. The highest BCUT2D eigenvalue weighted by Crippen LogP contribution is 2.27. The molecule has 0 aliphatic rings. The van der Waals surface area contributed by atoms with Crippen molar-refractivity contribution in [2.45, 2.75) is 30.8 Å². The van der Waals surface area contributed by atoms with Crippen LogP contribution < -0.4 is 4.74 Å². The summed E-state index contributed by atoms with van der Waals surface area (Å²) in [6, 6.07) is 10.8. The van der Waals surface area contributed by atoms with Gasteiger partial charge in [0.1, 0.15) is 12.4 Å². The zero-order valence-corrected chi connectivity index (χ0v) is 18.1. The third-order valence-electron chi connectivity index (χ3n) is 4.29. The van der Waals surface area contributed by atoms with Crippen LogP contribution in [0.2, 0.25) is 5.02 Å². The number of ether oxygens (including phenoxy) is 1. The molecule has 1 atom stereocenters. The fourth-order valence-electron chi connectivity index (χ4n) is 2.71.